The Kier molecular flexibility index (Phi) is 5.94. The molecular weight excluding hydrogens is 446 g/mol. The lowest BCUT2D eigenvalue weighted by molar-refractivity contribution is -1.06. The minimum atomic E-state index is -0.155. The molecule has 1 aromatic carbocycles. The van der Waals surface area contributed by atoms with Crippen LogP contribution < -0.4 is 0 Å². The van der Waals surface area contributed by atoms with Gasteiger partial charge in [0.1, 0.15) is 6.61 Å². The summed E-state index contributed by atoms with van der Waals surface area (Å²) in [6.07, 6.45) is 20.1. The molecule has 2 aromatic rings. The maximum Gasteiger partial charge on any atom is 0.109 e. The van der Waals surface area contributed by atoms with Crippen molar-refractivity contribution in [1.29, 1.82) is 0 Å². The number of hydrogen-bond donors (Lipinski definition) is 0. The van der Waals surface area contributed by atoms with Crippen LogP contribution in [0, 0.1) is 11.8 Å². The smallest absolute Gasteiger partial charge is 0.109 e. The van der Waals surface area contributed by atoms with Crippen molar-refractivity contribution < 1.29 is 14.2 Å². The first kappa shape index (κ1) is 24.0. The van der Waals surface area contributed by atoms with E-state index in [9.17, 15) is 0 Å². The lowest BCUT2D eigenvalue weighted by Gasteiger charge is -2.48. The molecule has 5 nitrogen and oxygen atoms in total. The van der Waals surface area contributed by atoms with E-state index in [2.05, 4.69) is 74.7 Å². The van der Waals surface area contributed by atoms with Crippen molar-refractivity contribution in [2.24, 2.45) is 11.8 Å². The molecule has 1 saturated heterocycles. The van der Waals surface area contributed by atoms with E-state index in [1.54, 1.807) is 5.57 Å². The van der Waals surface area contributed by atoms with Gasteiger partial charge in [0.2, 0.25) is 0 Å². The van der Waals surface area contributed by atoms with Gasteiger partial charge in [-0.2, -0.15) is 14.8 Å². The van der Waals surface area contributed by atoms with E-state index in [-0.39, 0.29) is 11.2 Å². The van der Waals surface area contributed by atoms with Gasteiger partial charge >= 0.3 is 0 Å². The molecule has 4 atom stereocenters. The van der Waals surface area contributed by atoms with Crippen LogP contribution in [0.5, 0.6) is 0 Å². The van der Waals surface area contributed by atoms with Crippen LogP contribution in [0.1, 0.15) is 63.9 Å². The molecule has 36 heavy (non-hydrogen) atoms. The van der Waals surface area contributed by atoms with Gasteiger partial charge in [-0.25, -0.2) is 4.84 Å². The Hall–Kier alpha value is -2.34. The summed E-state index contributed by atoms with van der Waals surface area (Å²) < 4.78 is 7.86. The van der Waals surface area contributed by atoms with Crippen molar-refractivity contribution in [2.75, 3.05) is 27.7 Å². The Labute approximate surface area is 215 Å². The van der Waals surface area contributed by atoms with E-state index in [1.807, 2.05) is 12.4 Å². The third-order valence-corrected chi connectivity index (χ3v) is 9.03. The fourth-order valence-electron chi connectivity index (χ4n) is 7.00. The highest BCUT2D eigenvalue weighted by Crippen LogP contribution is 2.59. The van der Waals surface area contributed by atoms with Gasteiger partial charge in [0, 0.05) is 10.8 Å². The monoisotopic (exact) mass is 486 g/mol. The number of allylic oxidation sites excluding steroid dienone is 3. The second-order valence-corrected chi connectivity index (χ2v) is 12.3. The normalized spacial score (nSPS) is 32.4. The van der Waals surface area contributed by atoms with Gasteiger partial charge in [-0.1, -0.05) is 37.3 Å². The fraction of sp³-hybridized carbons (Fsp3) is 0.548. The van der Waals surface area contributed by atoms with Crippen LogP contribution in [0.2, 0.25) is 0 Å². The number of quaternary nitrogens is 1. The summed E-state index contributed by atoms with van der Waals surface area (Å²) in [7, 11) is 6.29. The number of aromatic nitrogens is 2. The summed E-state index contributed by atoms with van der Waals surface area (Å²) in [4.78, 5) is 6.15. The van der Waals surface area contributed by atoms with Crippen LogP contribution in [-0.4, -0.2) is 53.8 Å². The molecule has 0 amide bonds. The Morgan fingerprint density at radius 2 is 1.89 bits per heavy atom. The van der Waals surface area contributed by atoms with Gasteiger partial charge < -0.3 is 4.74 Å². The van der Waals surface area contributed by atoms with E-state index >= 15 is 0 Å². The predicted octanol–water partition coefficient (Wildman–Crippen LogP) is 6.43. The molecule has 5 heteroatoms. The number of rotatable bonds is 4. The molecule has 2 bridgehead atoms. The van der Waals surface area contributed by atoms with Crippen molar-refractivity contribution in [3.05, 3.63) is 65.5 Å². The largest absolute Gasteiger partial charge is 0.359 e. The summed E-state index contributed by atoms with van der Waals surface area (Å²) in [5.74, 6) is 0.999. The van der Waals surface area contributed by atoms with Gasteiger partial charge in [-0.05, 0) is 91.6 Å². The van der Waals surface area contributed by atoms with Gasteiger partial charge in [0.25, 0.3) is 0 Å². The first-order valence-corrected chi connectivity index (χ1v) is 13.7. The molecule has 2 aliphatic carbocycles. The number of hydroxylamine groups is 3. The first-order chi connectivity index (χ1) is 17.3. The molecule has 0 N–H and O–H groups in total. The van der Waals surface area contributed by atoms with E-state index in [0.29, 0.717) is 16.5 Å². The fourth-order valence-corrected chi connectivity index (χ4v) is 7.00. The molecule has 6 rings (SSSR count). The lowest BCUT2D eigenvalue weighted by Crippen LogP contribution is -2.49. The molecule has 190 valence electrons. The van der Waals surface area contributed by atoms with Crippen LogP contribution in [0.25, 0.3) is 16.3 Å². The molecule has 2 spiro atoms. The highest BCUT2D eigenvalue weighted by atomic mass is 16.7. The predicted molar refractivity (Wildman–Crippen MR) is 144 cm³/mol. The Bertz CT molecular complexity index is 1260. The van der Waals surface area contributed by atoms with E-state index in [1.165, 1.54) is 23.1 Å². The number of nitrogens with zero attached hydrogens (tertiary/aromatic N) is 3. The van der Waals surface area contributed by atoms with Crippen LogP contribution in [-0.2, 0) is 9.57 Å². The number of fused-ring (bicyclic) bond motifs is 1. The Balaban J connectivity index is 1.27. The highest BCUT2D eigenvalue weighted by molar-refractivity contribution is 5.85. The molecule has 2 fully saturated rings. The Morgan fingerprint density at radius 1 is 1.06 bits per heavy atom. The van der Waals surface area contributed by atoms with Crippen LogP contribution in [0.15, 0.2) is 60.0 Å². The molecule has 4 aliphatic rings. The third-order valence-electron chi connectivity index (χ3n) is 9.03. The minimum absolute atomic E-state index is 0.0806. The standard InChI is InChI=1S/C31H40N3O2/c1-22-8-10-24(25-11-12-26-19-32-33-20-27(26)16-25)6-5-7-29-17-28-13-9-23(21-35-34(2,3)4)18-30(28)14-15-31(22,29)36-30/h7,10-12,16-17,19-20,22-23H,5-6,8-9,13-15,18,21H2,1-4H3/q+1. The highest BCUT2D eigenvalue weighted by Gasteiger charge is 2.58. The molecule has 4 unspecified atom stereocenters. The van der Waals surface area contributed by atoms with Crippen molar-refractivity contribution in [2.45, 2.75) is 69.5 Å². The zero-order chi connectivity index (χ0) is 25.0. The van der Waals surface area contributed by atoms with Gasteiger partial charge in [-0.3, -0.25) is 0 Å². The summed E-state index contributed by atoms with van der Waals surface area (Å²) in [5, 5.41) is 10.4. The second kappa shape index (κ2) is 8.90. The molecular formula is C31H40N3O2+. The number of ether oxygens (including phenoxy) is 1. The van der Waals surface area contributed by atoms with Gasteiger partial charge in [0.15, 0.2) is 0 Å². The van der Waals surface area contributed by atoms with Gasteiger partial charge in [0.05, 0.1) is 44.7 Å². The summed E-state index contributed by atoms with van der Waals surface area (Å²) in [6.45, 7) is 3.22. The van der Waals surface area contributed by atoms with E-state index < -0.39 is 0 Å². The average Bonchev–Trinajstić information content (AvgIpc) is 3.21. The van der Waals surface area contributed by atoms with Crippen molar-refractivity contribution >= 4 is 16.3 Å². The van der Waals surface area contributed by atoms with Crippen LogP contribution in [0.3, 0.4) is 0 Å². The SMILES string of the molecule is CC1CC=C(c2ccc3cnncc3c2)CCC=C2C=C3CCC(CO[N+](C)(C)C)CC34CCC21O4. The van der Waals surface area contributed by atoms with Crippen LogP contribution in [0.4, 0.5) is 0 Å². The zero-order valence-electron chi connectivity index (χ0n) is 22.3. The quantitative estimate of drug-likeness (QED) is 0.369. The second-order valence-electron chi connectivity index (χ2n) is 12.3. The summed E-state index contributed by atoms with van der Waals surface area (Å²) >= 11 is 0. The summed E-state index contributed by atoms with van der Waals surface area (Å²) in [6, 6.07) is 6.69. The first-order valence-electron chi connectivity index (χ1n) is 13.7. The molecule has 1 saturated carbocycles. The van der Waals surface area contributed by atoms with Crippen LogP contribution >= 0.6 is 0 Å². The molecule has 0 radical (unpaired) electrons. The number of hydrogen-bond acceptors (Lipinski definition) is 4. The average molecular weight is 487 g/mol. The topological polar surface area (TPSA) is 44.2 Å². The Morgan fingerprint density at radius 3 is 2.72 bits per heavy atom. The van der Waals surface area contributed by atoms with Crippen molar-refractivity contribution in [1.82, 2.24) is 10.2 Å². The zero-order valence-corrected chi connectivity index (χ0v) is 22.3. The molecule has 3 heterocycles. The molecule has 2 aliphatic heterocycles. The van der Waals surface area contributed by atoms with E-state index in [0.717, 1.165) is 62.3 Å². The molecule has 1 aromatic heterocycles. The number of benzene rings is 1. The van der Waals surface area contributed by atoms with Gasteiger partial charge in [-0.15, -0.1) is 0 Å². The van der Waals surface area contributed by atoms with Crippen molar-refractivity contribution in [3.8, 4) is 0 Å². The van der Waals surface area contributed by atoms with Crippen molar-refractivity contribution in [3.63, 3.8) is 0 Å². The maximum atomic E-state index is 7.30. The lowest BCUT2D eigenvalue weighted by atomic mass is 9.72. The van der Waals surface area contributed by atoms with E-state index in [4.69, 9.17) is 9.57 Å². The third kappa shape index (κ3) is 4.25. The maximum absolute atomic E-state index is 7.30. The summed E-state index contributed by atoms with van der Waals surface area (Å²) in [5.41, 5.74) is 5.49. The minimum Gasteiger partial charge on any atom is -0.359 e.